The molecule has 4 rings (SSSR count). The molecule has 3 aromatic rings. The Kier molecular flexibility index (Phi) is 4.57. The first-order valence-electron chi connectivity index (χ1n) is 8.26. The highest BCUT2D eigenvalue weighted by Crippen LogP contribution is 2.30. The first-order valence-corrected chi connectivity index (χ1v) is 9.01. The third-order valence-corrected chi connectivity index (χ3v) is 5.37. The van der Waals surface area contributed by atoms with Gasteiger partial charge in [0.2, 0.25) is 0 Å². The summed E-state index contributed by atoms with van der Waals surface area (Å²) >= 11 is 12.2. The fraction of sp³-hybridized carbons (Fsp3) is 0.222. The Hall–Kier alpha value is -2.51. The van der Waals surface area contributed by atoms with Gasteiger partial charge < -0.3 is 4.90 Å². The van der Waals surface area contributed by atoms with Crippen LogP contribution in [0.4, 0.5) is 4.39 Å². The maximum Gasteiger partial charge on any atom is 0.256 e. The number of fused-ring (bicyclic) bond motifs is 1. The number of hydrogen-bond donors (Lipinski definition) is 0. The SMILES string of the molecule is CC1Cc2c(nnn2-c2cc(F)ccn2)CN1C(=O)c1cccc(Cl)c1Cl. The molecule has 1 aliphatic rings. The summed E-state index contributed by atoms with van der Waals surface area (Å²) in [5.41, 5.74) is 1.80. The molecule has 0 spiro atoms. The zero-order chi connectivity index (χ0) is 19.1. The van der Waals surface area contributed by atoms with Crippen molar-refractivity contribution in [2.24, 2.45) is 0 Å². The van der Waals surface area contributed by atoms with Gasteiger partial charge in [-0.1, -0.05) is 34.5 Å². The van der Waals surface area contributed by atoms with E-state index in [0.29, 0.717) is 28.5 Å². The largest absolute Gasteiger partial charge is 0.329 e. The van der Waals surface area contributed by atoms with E-state index in [1.54, 1.807) is 23.1 Å². The summed E-state index contributed by atoms with van der Waals surface area (Å²) in [5.74, 6) is -0.270. The Bertz CT molecular complexity index is 1040. The minimum Gasteiger partial charge on any atom is -0.329 e. The fourth-order valence-electron chi connectivity index (χ4n) is 3.16. The van der Waals surface area contributed by atoms with Crippen LogP contribution in [0, 0.1) is 5.82 Å². The number of carbonyl (C=O) groups is 1. The number of hydrogen-bond acceptors (Lipinski definition) is 4. The topological polar surface area (TPSA) is 63.9 Å². The van der Waals surface area contributed by atoms with Crippen molar-refractivity contribution in [3.8, 4) is 5.82 Å². The molecule has 0 saturated carbocycles. The molecular weight excluding hydrogens is 392 g/mol. The highest BCUT2D eigenvalue weighted by molar-refractivity contribution is 6.43. The fourth-order valence-corrected chi connectivity index (χ4v) is 3.54. The Labute approximate surface area is 164 Å². The van der Waals surface area contributed by atoms with E-state index in [-0.39, 0.29) is 23.5 Å². The van der Waals surface area contributed by atoms with Crippen molar-refractivity contribution in [2.45, 2.75) is 25.9 Å². The normalized spacial score (nSPS) is 16.3. The van der Waals surface area contributed by atoms with Crippen LogP contribution in [0.3, 0.4) is 0 Å². The number of halogens is 3. The van der Waals surface area contributed by atoms with E-state index >= 15 is 0 Å². The van der Waals surface area contributed by atoms with E-state index in [2.05, 4.69) is 15.3 Å². The Balaban J connectivity index is 1.67. The van der Waals surface area contributed by atoms with Crippen molar-refractivity contribution in [1.29, 1.82) is 0 Å². The summed E-state index contributed by atoms with van der Waals surface area (Å²) in [7, 11) is 0. The van der Waals surface area contributed by atoms with Crippen molar-refractivity contribution in [1.82, 2.24) is 24.9 Å². The van der Waals surface area contributed by atoms with E-state index in [1.807, 2.05) is 6.92 Å². The van der Waals surface area contributed by atoms with E-state index in [9.17, 15) is 9.18 Å². The van der Waals surface area contributed by atoms with Crippen LogP contribution in [0.15, 0.2) is 36.5 Å². The van der Waals surface area contributed by atoms with Crippen molar-refractivity contribution < 1.29 is 9.18 Å². The second-order valence-electron chi connectivity index (χ2n) is 6.31. The maximum absolute atomic E-state index is 13.5. The average Bonchev–Trinajstić information content (AvgIpc) is 3.05. The summed E-state index contributed by atoms with van der Waals surface area (Å²) < 4.78 is 15.0. The van der Waals surface area contributed by atoms with E-state index in [1.165, 1.54) is 23.0 Å². The standard InChI is InChI=1S/C18H14Cl2FN5O/c1-10-7-15-14(23-24-26(15)16-8-11(21)5-6-22-16)9-25(10)18(27)12-3-2-4-13(19)17(12)20/h2-6,8,10H,7,9H2,1H3. The van der Waals surface area contributed by atoms with Crippen LogP contribution >= 0.6 is 23.2 Å². The van der Waals surface area contributed by atoms with Crippen LogP contribution in [-0.4, -0.2) is 36.8 Å². The van der Waals surface area contributed by atoms with Crippen molar-refractivity contribution in [3.05, 3.63) is 69.3 Å². The number of aromatic nitrogens is 4. The molecular formula is C18H14Cl2FN5O. The van der Waals surface area contributed by atoms with Crippen molar-refractivity contribution in [3.63, 3.8) is 0 Å². The van der Waals surface area contributed by atoms with Gasteiger partial charge in [0.15, 0.2) is 5.82 Å². The second-order valence-corrected chi connectivity index (χ2v) is 7.10. The minimum absolute atomic E-state index is 0.133. The lowest BCUT2D eigenvalue weighted by Crippen LogP contribution is -2.43. The van der Waals surface area contributed by atoms with Gasteiger partial charge in [0, 0.05) is 24.7 Å². The van der Waals surface area contributed by atoms with Crippen LogP contribution in [-0.2, 0) is 13.0 Å². The molecule has 0 saturated heterocycles. The third kappa shape index (κ3) is 3.17. The molecule has 0 bridgehead atoms. The Morgan fingerprint density at radius 1 is 1.30 bits per heavy atom. The molecule has 1 atom stereocenters. The van der Waals surface area contributed by atoms with Gasteiger partial charge in [0.1, 0.15) is 11.5 Å². The zero-order valence-corrected chi connectivity index (χ0v) is 15.7. The van der Waals surface area contributed by atoms with Gasteiger partial charge in [-0.05, 0) is 25.1 Å². The predicted octanol–water partition coefficient (Wildman–Crippen LogP) is 3.70. The van der Waals surface area contributed by atoms with Gasteiger partial charge in [-0.15, -0.1) is 5.10 Å². The van der Waals surface area contributed by atoms with Crippen molar-refractivity contribution in [2.75, 3.05) is 0 Å². The highest BCUT2D eigenvalue weighted by Gasteiger charge is 2.32. The average molecular weight is 406 g/mol. The van der Waals surface area contributed by atoms with Crippen molar-refractivity contribution >= 4 is 29.1 Å². The summed E-state index contributed by atoms with van der Waals surface area (Å²) in [4.78, 5) is 18.8. The van der Waals surface area contributed by atoms with Crippen LogP contribution in [0.1, 0.15) is 28.7 Å². The predicted molar refractivity (Wildman–Crippen MR) is 98.6 cm³/mol. The smallest absolute Gasteiger partial charge is 0.256 e. The lowest BCUT2D eigenvalue weighted by molar-refractivity contribution is 0.0653. The molecule has 1 unspecified atom stereocenters. The first kappa shape index (κ1) is 17.9. The van der Waals surface area contributed by atoms with Crippen LogP contribution in [0.5, 0.6) is 0 Å². The molecule has 0 fully saturated rings. The number of rotatable bonds is 2. The molecule has 1 aromatic carbocycles. The summed E-state index contributed by atoms with van der Waals surface area (Å²) in [6.07, 6.45) is 1.88. The van der Waals surface area contributed by atoms with Gasteiger partial charge in [0.25, 0.3) is 5.91 Å². The molecule has 138 valence electrons. The number of nitrogens with zero attached hydrogens (tertiary/aromatic N) is 5. The molecule has 6 nitrogen and oxygen atoms in total. The van der Waals surface area contributed by atoms with E-state index in [0.717, 1.165) is 5.69 Å². The number of pyridine rings is 1. The maximum atomic E-state index is 13.5. The molecule has 27 heavy (non-hydrogen) atoms. The third-order valence-electron chi connectivity index (χ3n) is 4.55. The lowest BCUT2D eigenvalue weighted by atomic mass is 10.0. The Morgan fingerprint density at radius 2 is 2.11 bits per heavy atom. The quantitative estimate of drug-likeness (QED) is 0.651. The summed E-state index contributed by atoms with van der Waals surface area (Å²) in [5, 5.41) is 8.82. The van der Waals surface area contributed by atoms with E-state index in [4.69, 9.17) is 23.2 Å². The van der Waals surface area contributed by atoms with Gasteiger partial charge >= 0.3 is 0 Å². The Morgan fingerprint density at radius 3 is 2.89 bits per heavy atom. The summed E-state index contributed by atoms with van der Waals surface area (Å²) in [6, 6.07) is 7.40. The number of carbonyl (C=O) groups excluding carboxylic acids is 1. The van der Waals surface area contributed by atoms with Crippen LogP contribution in [0.25, 0.3) is 5.82 Å². The minimum atomic E-state index is -0.402. The second kappa shape index (κ2) is 6.90. The molecule has 0 radical (unpaired) electrons. The van der Waals surface area contributed by atoms with E-state index < -0.39 is 5.82 Å². The monoisotopic (exact) mass is 405 g/mol. The first-order chi connectivity index (χ1) is 13.0. The molecule has 0 aliphatic carbocycles. The van der Waals surface area contributed by atoms with Gasteiger partial charge in [-0.2, -0.15) is 4.68 Å². The molecule has 1 amide bonds. The molecule has 3 heterocycles. The van der Waals surface area contributed by atoms with Crippen LogP contribution in [0.2, 0.25) is 10.0 Å². The lowest BCUT2D eigenvalue weighted by Gasteiger charge is -2.33. The molecule has 0 N–H and O–H groups in total. The highest BCUT2D eigenvalue weighted by atomic mass is 35.5. The number of benzene rings is 1. The van der Waals surface area contributed by atoms with Crippen LogP contribution < -0.4 is 0 Å². The van der Waals surface area contributed by atoms with Gasteiger partial charge in [0.05, 0.1) is 27.8 Å². The summed E-state index contributed by atoms with van der Waals surface area (Å²) in [6.45, 7) is 2.20. The molecule has 2 aromatic heterocycles. The van der Waals surface area contributed by atoms with Gasteiger partial charge in [-0.25, -0.2) is 9.37 Å². The molecule has 1 aliphatic heterocycles. The number of amides is 1. The van der Waals surface area contributed by atoms with Gasteiger partial charge in [-0.3, -0.25) is 4.79 Å². The molecule has 9 heteroatoms. The zero-order valence-electron chi connectivity index (χ0n) is 14.2.